The van der Waals surface area contributed by atoms with Crippen molar-refractivity contribution in [1.29, 1.82) is 0 Å². The van der Waals surface area contributed by atoms with E-state index in [0.717, 1.165) is 18.4 Å². The van der Waals surface area contributed by atoms with Gasteiger partial charge in [-0.05, 0) is 24.8 Å². The van der Waals surface area contributed by atoms with Gasteiger partial charge in [-0.3, -0.25) is 10.1 Å². The van der Waals surface area contributed by atoms with E-state index in [1.54, 1.807) is 24.1 Å². The van der Waals surface area contributed by atoms with Crippen LogP contribution in [0.2, 0.25) is 0 Å². The number of carbonyl (C=O) groups is 1. The number of amides is 2. The van der Waals surface area contributed by atoms with E-state index in [-0.39, 0.29) is 11.7 Å². The summed E-state index contributed by atoms with van der Waals surface area (Å²) in [6.07, 6.45) is 6.48. The van der Waals surface area contributed by atoms with Crippen LogP contribution in [0.3, 0.4) is 0 Å². The van der Waals surface area contributed by atoms with Gasteiger partial charge in [-0.1, -0.05) is 31.4 Å². The van der Waals surface area contributed by atoms with Gasteiger partial charge in [-0.2, -0.15) is 0 Å². The van der Waals surface area contributed by atoms with Gasteiger partial charge in [-0.25, -0.2) is 4.79 Å². The highest BCUT2D eigenvalue weighted by molar-refractivity contribution is 5.74. The third-order valence-electron chi connectivity index (χ3n) is 4.16. The van der Waals surface area contributed by atoms with Crippen LogP contribution in [0.4, 0.5) is 10.5 Å². The first-order valence-electron chi connectivity index (χ1n) is 7.81. The molecular formula is C16H23N3O3. The normalized spacial score (nSPS) is 15.3. The average molecular weight is 305 g/mol. The summed E-state index contributed by atoms with van der Waals surface area (Å²) in [5, 5.41) is 13.7. The molecule has 1 aromatic rings. The van der Waals surface area contributed by atoms with Gasteiger partial charge in [-0.15, -0.1) is 0 Å². The molecule has 1 fully saturated rings. The predicted molar refractivity (Wildman–Crippen MR) is 84.8 cm³/mol. The SMILES string of the molecule is CN(CCc1ccc([N+](=O)[O-])cc1)C(=O)NC1CCCCC1. The number of non-ortho nitro benzene ring substituents is 1. The molecule has 1 aliphatic rings. The fourth-order valence-electron chi connectivity index (χ4n) is 2.71. The first-order valence-corrected chi connectivity index (χ1v) is 7.81. The Kier molecular flexibility index (Phi) is 5.75. The summed E-state index contributed by atoms with van der Waals surface area (Å²) >= 11 is 0. The van der Waals surface area contributed by atoms with Gasteiger partial charge >= 0.3 is 6.03 Å². The number of hydrogen-bond acceptors (Lipinski definition) is 3. The molecule has 0 aromatic heterocycles. The Hall–Kier alpha value is -2.11. The van der Waals surface area contributed by atoms with Crippen LogP contribution in [0.25, 0.3) is 0 Å². The Morgan fingerprint density at radius 3 is 2.50 bits per heavy atom. The number of rotatable bonds is 5. The maximum Gasteiger partial charge on any atom is 0.317 e. The molecule has 120 valence electrons. The number of nitrogens with zero attached hydrogens (tertiary/aromatic N) is 2. The van der Waals surface area contributed by atoms with Crippen LogP contribution < -0.4 is 5.32 Å². The van der Waals surface area contributed by atoms with Gasteiger partial charge < -0.3 is 10.2 Å². The molecule has 1 aromatic carbocycles. The lowest BCUT2D eigenvalue weighted by atomic mass is 9.96. The fourth-order valence-corrected chi connectivity index (χ4v) is 2.71. The zero-order valence-corrected chi connectivity index (χ0v) is 13.0. The first-order chi connectivity index (χ1) is 10.6. The van der Waals surface area contributed by atoms with Crippen molar-refractivity contribution >= 4 is 11.7 Å². The second-order valence-electron chi connectivity index (χ2n) is 5.88. The molecule has 0 aliphatic heterocycles. The van der Waals surface area contributed by atoms with Crippen molar-refractivity contribution in [3.05, 3.63) is 39.9 Å². The van der Waals surface area contributed by atoms with Crippen LogP contribution in [-0.2, 0) is 6.42 Å². The molecule has 0 saturated heterocycles. The zero-order chi connectivity index (χ0) is 15.9. The molecule has 1 saturated carbocycles. The number of carbonyl (C=O) groups excluding carboxylic acids is 1. The average Bonchev–Trinajstić information content (AvgIpc) is 2.53. The number of likely N-dealkylation sites (N-methyl/N-ethyl adjacent to an activating group) is 1. The number of benzene rings is 1. The van der Waals surface area contributed by atoms with Gasteiger partial charge in [0, 0.05) is 31.8 Å². The molecule has 6 nitrogen and oxygen atoms in total. The summed E-state index contributed by atoms with van der Waals surface area (Å²) in [7, 11) is 1.78. The predicted octanol–water partition coefficient (Wildman–Crippen LogP) is 3.11. The molecule has 2 rings (SSSR count). The van der Waals surface area contributed by atoms with Crippen molar-refractivity contribution in [3.8, 4) is 0 Å². The molecular weight excluding hydrogens is 282 g/mol. The second-order valence-corrected chi connectivity index (χ2v) is 5.88. The molecule has 0 bridgehead atoms. The minimum Gasteiger partial charge on any atom is -0.335 e. The highest BCUT2D eigenvalue weighted by atomic mass is 16.6. The summed E-state index contributed by atoms with van der Waals surface area (Å²) in [6.45, 7) is 0.594. The van der Waals surface area contributed by atoms with Crippen LogP contribution in [0.1, 0.15) is 37.7 Å². The first kappa shape index (κ1) is 16.3. The highest BCUT2D eigenvalue weighted by Gasteiger charge is 2.17. The molecule has 0 heterocycles. The summed E-state index contributed by atoms with van der Waals surface area (Å²) in [5.74, 6) is 0. The van der Waals surface area contributed by atoms with E-state index in [4.69, 9.17) is 0 Å². The van der Waals surface area contributed by atoms with Crippen molar-refractivity contribution in [2.24, 2.45) is 0 Å². The molecule has 22 heavy (non-hydrogen) atoms. The minimum atomic E-state index is -0.409. The van der Waals surface area contributed by atoms with E-state index in [1.807, 2.05) is 0 Å². The van der Waals surface area contributed by atoms with Gasteiger partial charge in [0.25, 0.3) is 5.69 Å². The largest absolute Gasteiger partial charge is 0.335 e. The summed E-state index contributed by atoms with van der Waals surface area (Å²) in [6, 6.07) is 6.75. The maximum absolute atomic E-state index is 12.1. The minimum absolute atomic E-state index is 0.0335. The molecule has 2 amide bonds. The smallest absolute Gasteiger partial charge is 0.317 e. The van der Waals surface area contributed by atoms with Crippen LogP contribution >= 0.6 is 0 Å². The summed E-state index contributed by atoms with van der Waals surface area (Å²) in [4.78, 5) is 24.0. The van der Waals surface area contributed by atoms with E-state index in [1.165, 1.54) is 31.4 Å². The van der Waals surface area contributed by atoms with Crippen molar-refractivity contribution in [1.82, 2.24) is 10.2 Å². The summed E-state index contributed by atoms with van der Waals surface area (Å²) < 4.78 is 0. The lowest BCUT2D eigenvalue weighted by molar-refractivity contribution is -0.384. The van der Waals surface area contributed by atoms with Crippen molar-refractivity contribution in [2.45, 2.75) is 44.6 Å². The fraction of sp³-hybridized carbons (Fsp3) is 0.562. The quantitative estimate of drug-likeness (QED) is 0.671. The van der Waals surface area contributed by atoms with Crippen LogP contribution in [0, 0.1) is 10.1 Å². The van der Waals surface area contributed by atoms with Crippen LogP contribution in [0.5, 0.6) is 0 Å². The number of hydrogen-bond donors (Lipinski definition) is 1. The lowest BCUT2D eigenvalue weighted by Crippen LogP contribution is -2.44. The number of nitro benzene ring substituents is 1. The topological polar surface area (TPSA) is 75.5 Å². The summed E-state index contributed by atoms with van der Waals surface area (Å²) in [5.41, 5.74) is 1.08. The lowest BCUT2D eigenvalue weighted by Gasteiger charge is -2.26. The monoisotopic (exact) mass is 305 g/mol. The Balaban J connectivity index is 1.77. The van der Waals surface area contributed by atoms with Crippen molar-refractivity contribution in [2.75, 3.05) is 13.6 Å². The second kappa shape index (κ2) is 7.77. The Bertz CT molecular complexity index is 510. The molecule has 6 heteroatoms. The number of nitro groups is 1. The third-order valence-corrected chi connectivity index (χ3v) is 4.16. The van der Waals surface area contributed by atoms with Crippen LogP contribution in [0.15, 0.2) is 24.3 Å². The molecule has 0 spiro atoms. The van der Waals surface area contributed by atoms with E-state index in [2.05, 4.69) is 5.32 Å². The Morgan fingerprint density at radius 2 is 1.91 bits per heavy atom. The van der Waals surface area contributed by atoms with E-state index in [0.29, 0.717) is 19.0 Å². The van der Waals surface area contributed by atoms with E-state index in [9.17, 15) is 14.9 Å². The van der Waals surface area contributed by atoms with Gasteiger partial charge in [0.1, 0.15) is 0 Å². The third kappa shape index (κ3) is 4.72. The van der Waals surface area contributed by atoms with Crippen LogP contribution in [-0.4, -0.2) is 35.5 Å². The molecule has 0 unspecified atom stereocenters. The number of urea groups is 1. The van der Waals surface area contributed by atoms with Gasteiger partial charge in [0.15, 0.2) is 0 Å². The van der Waals surface area contributed by atoms with Crippen molar-refractivity contribution < 1.29 is 9.72 Å². The maximum atomic E-state index is 12.1. The molecule has 0 radical (unpaired) electrons. The van der Waals surface area contributed by atoms with E-state index < -0.39 is 4.92 Å². The highest BCUT2D eigenvalue weighted by Crippen LogP contribution is 2.17. The Labute approximate surface area is 130 Å². The zero-order valence-electron chi connectivity index (χ0n) is 13.0. The van der Waals surface area contributed by atoms with Gasteiger partial charge in [0.2, 0.25) is 0 Å². The number of nitrogens with one attached hydrogen (secondary N) is 1. The van der Waals surface area contributed by atoms with Gasteiger partial charge in [0.05, 0.1) is 4.92 Å². The van der Waals surface area contributed by atoms with E-state index >= 15 is 0 Å². The standard InChI is InChI=1S/C16H23N3O3/c1-18(16(20)17-14-5-3-2-4-6-14)12-11-13-7-9-15(10-8-13)19(21)22/h7-10,14H,2-6,11-12H2,1H3,(H,17,20). The molecule has 0 atom stereocenters. The molecule has 1 aliphatic carbocycles. The molecule has 1 N–H and O–H groups in total. The Morgan fingerprint density at radius 1 is 1.27 bits per heavy atom. The van der Waals surface area contributed by atoms with Crippen molar-refractivity contribution in [3.63, 3.8) is 0 Å².